The third kappa shape index (κ3) is 3.66. The van der Waals surface area contributed by atoms with E-state index in [2.05, 4.69) is 10.5 Å². The molecule has 2 aromatic rings. The van der Waals surface area contributed by atoms with Crippen LogP contribution in [0.25, 0.3) is 6.08 Å². The minimum atomic E-state index is -0.458. The van der Waals surface area contributed by atoms with Crippen LogP contribution in [0.3, 0.4) is 0 Å². The number of hydrazone groups is 1. The molecule has 112 valence electrons. The minimum Gasteiger partial charge on any atom is -0.469 e. The molecule has 7 heteroatoms. The second-order valence-corrected chi connectivity index (χ2v) is 4.28. The van der Waals surface area contributed by atoms with Gasteiger partial charge >= 0.3 is 0 Å². The van der Waals surface area contributed by atoms with Crippen molar-refractivity contribution >= 4 is 23.9 Å². The van der Waals surface area contributed by atoms with Crippen LogP contribution >= 0.6 is 0 Å². The fourth-order valence-electron chi connectivity index (χ4n) is 1.76. The van der Waals surface area contributed by atoms with Crippen molar-refractivity contribution in [3.05, 3.63) is 69.7 Å². The molecular formula is C15H13N3O4. The number of benzene rings is 1. The molecule has 1 heterocycles. The monoisotopic (exact) mass is 299 g/mol. The lowest BCUT2D eigenvalue weighted by molar-refractivity contribution is -0.385. The molecule has 0 fully saturated rings. The number of hydrogen-bond donors (Lipinski definition) is 1. The highest BCUT2D eigenvalue weighted by Crippen LogP contribution is 2.18. The zero-order valence-electron chi connectivity index (χ0n) is 11.7. The number of rotatable bonds is 5. The topological polar surface area (TPSA) is 97.7 Å². The highest BCUT2D eigenvalue weighted by molar-refractivity contribution is 5.95. The van der Waals surface area contributed by atoms with E-state index < -0.39 is 4.92 Å². The van der Waals surface area contributed by atoms with E-state index in [9.17, 15) is 14.9 Å². The molecule has 2 rings (SSSR count). The third-order valence-corrected chi connectivity index (χ3v) is 2.84. The molecule has 0 atom stereocenters. The van der Waals surface area contributed by atoms with Gasteiger partial charge in [0.2, 0.25) is 0 Å². The van der Waals surface area contributed by atoms with Crippen molar-refractivity contribution in [2.45, 2.75) is 6.92 Å². The van der Waals surface area contributed by atoms with Gasteiger partial charge in [-0.25, -0.2) is 5.43 Å². The van der Waals surface area contributed by atoms with Crippen molar-refractivity contribution in [2.24, 2.45) is 5.10 Å². The number of para-hydroxylation sites is 1. The molecule has 0 radical (unpaired) electrons. The number of nitrogens with one attached hydrogen (secondary N) is 1. The summed E-state index contributed by atoms with van der Waals surface area (Å²) in [6, 6.07) is 7.88. The van der Waals surface area contributed by atoms with E-state index in [4.69, 9.17) is 4.42 Å². The van der Waals surface area contributed by atoms with E-state index in [0.717, 1.165) is 0 Å². The SMILES string of the molecule is Cc1occc1C(=O)NN=C/C=C\c1ccccc1[N+](=O)[O-]. The number of nitro groups is 1. The van der Waals surface area contributed by atoms with E-state index in [-0.39, 0.29) is 11.6 Å². The molecule has 0 saturated heterocycles. The number of allylic oxidation sites excluding steroid dienone is 1. The van der Waals surface area contributed by atoms with E-state index in [1.807, 2.05) is 0 Å². The fourth-order valence-corrected chi connectivity index (χ4v) is 1.76. The number of furan rings is 1. The Kier molecular flexibility index (Phi) is 4.81. The Morgan fingerprint density at radius 3 is 2.82 bits per heavy atom. The molecule has 1 aromatic heterocycles. The summed E-state index contributed by atoms with van der Waals surface area (Å²) in [7, 11) is 0. The predicted octanol–water partition coefficient (Wildman–Crippen LogP) is 2.93. The lowest BCUT2D eigenvalue weighted by Crippen LogP contribution is -2.17. The smallest absolute Gasteiger partial charge is 0.276 e. The van der Waals surface area contributed by atoms with Crippen LogP contribution in [-0.2, 0) is 0 Å². The normalized spacial score (nSPS) is 11.1. The van der Waals surface area contributed by atoms with Crippen molar-refractivity contribution in [2.75, 3.05) is 0 Å². The van der Waals surface area contributed by atoms with Crippen molar-refractivity contribution in [1.82, 2.24) is 5.43 Å². The molecule has 1 aromatic carbocycles. The van der Waals surface area contributed by atoms with Crippen LogP contribution in [0.15, 0.2) is 52.2 Å². The largest absolute Gasteiger partial charge is 0.469 e. The standard InChI is InChI=1S/C15H13N3O4/c1-11-13(8-10-22-11)15(19)17-16-9-4-6-12-5-2-3-7-14(12)18(20)21/h2-10H,1H3,(H,17,19)/b6-4-,16-9?. The molecule has 0 aliphatic heterocycles. The predicted molar refractivity (Wildman–Crippen MR) is 81.5 cm³/mol. The summed E-state index contributed by atoms with van der Waals surface area (Å²) in [6.45, 7) is 1.67. The van der Waals surface area contributed by atoms with E-state index >= 15 is 0 Å². The van der Waals surface area contributed by atoms with Crippen molar-refractivity contribution in [1.29, 1.82) is 0 Å². The molecule has 7 nitrogen and oxygen atoms in total. The van der Waals surface area contributed by atoms with Crippen LogP contribution in [0, 0.1) is 17.0 Å². The van der Waals surface area contributed by atoms with Crippen molar-refractivity contribution < 1.29 is 14.1 Å². The average Bonchev–Trinajstić information content (AvgIpc) is 2.93. The maximum absolute atomic E-state index is 11.7. The maximum atomic E-state index is 11.7. The summed E-state index contributed by atoms with van der Waals surface area (Å²) < 4.78 is 5.02. The summed E-state index contributed by atoms with van der Waals surface area (Å²) in [5, 5.41) is 14.6. The Morgan fingerprint density at radius 1 is 1.36 bits per heavy atom. The molecule has 22 heavy (non-hydrogen) atoms. The number of carbonyl (C=O) groups is 1. The number of aryl methyl sites for hydroxylation is 1. The zero-order chi connectivity index (χ0) is 15.9. The van der Waals surface area contributed by atoms with Gasteiger partial charge in [0.1, 0.15) is 5.76 Å². The Morgan fingerprint density at radius 2 is 2.14 bits per heavy atom. The van der Waals surface area contributed by atoms with Crippen LogP contribution in [0.4, 0.5) is 5.69 Å². The molecular weight excluding hydrogens is 286 g/mol. The number of nitro benzene ring substituents is 1. The van der Waals surface area contributed by atoms with Gasteiger partial charge in [0.15, 0.2) is 0 Å². The van der Waals surface area contributed by atoms with Crippen LogP contribution in [0.2, 0.25) is 0 Å². The Balaban J connectivity index is 1.97. The lowest BCUT2D eigenvalue weighted by Gasteiger charge is -1.96. The molecule has 0 aliphatic carbocycles. The summed E-state index contributed by atoms with van der Waals surface area (Å²) in [5.41, 5.74) is 3.20. The zero-order valence-corrected chi connectivity index (χ0v) is 11.7. The highest BCUT2D eigenvalue weighted by Gasteiger charge is 2.10. The Labute approximate surface area is 126 Å². The van der Waals surface area contributed by atoms with E-state index in [1.54, 1.807) is 31.2 Å². The molecule has 0 spiro atoms. The van der Waals surface area contributed by atoms with Crippen molar-refractivity contribution in [3.8, 4) is 0 Å². The average molecular weight is 299 g/mol. The van der Waals surface area contributed by atoms with E-state index in [0.29, 0.717) is 16.9 Å². The number of hydrogen-bond acceptors (Lipinski definition) is 5. The van der Waals surface area contributed by atoms with Gasteiger partial charge in [-0.15, -0.1) is 0 Å². The highest BCUT2D eigenvalue weighted by atomic mass is 16.6. The third-order valence-electron chi connectivity index (χ3n) is 2.84. The van der Waals surface area contributed by atoms with Gasteiger partial charge in [0.25, 0.3) is 11.6 Å². The lowest BCUT2D eigenvalue weighted by atomic mass is 10.2. The Bertz CT molecular complexity index is 747. The van der Waals surface area contributed by atoms with Gasteiger partial charge in [-0.3, -0.25) is 14.9 Å². The number of amides is 1. The summed E-state index contributed by atoms with van der Waals surface area (Å²) in [5.74, 6) is 0.116. The Hall–Kier alpha value is -3.22. The minimum absolute atomic E-state index is 0.00482. The van der Waals surface area contributed by atoms with Crippen LogP contribution < -0.4 is 5.43 Å². The molecule has 1 N–H and O–H groups in total. The first kappa shape index (κ1) is 15.2. The second-order valence-electron chi connectivity index (χ2n) is 4.28. The fraction of sp³-hybridized carbons (Fsp3) is 0.0667. The summed E-state index contributed by atoms with van der Waals surface area (Å²) in [6.07, 6.45) is 5.80. The summed E-state index contributed by atoms with van der Waals surface area (Å²) in [4.78, 5) is 22.1. The second kappa shape index (κ2) is 6.98. The number of nitrogens with zero attached hydrogens (tertiary/aromatic N) is 2. The molecule has 0 saturated carbocycles. The van der Waals surface area contributed by atoms with Crippen LogP contribution in [0.1, 0.15) is 21.7 Å². The maximum Gasteiger partial charge on any atom is 0.276 e. The quantitative estimate of drug-likeness (QED) is 0.521. The first-order chi connectivity index (χ1) is 10.6. The van der Waals surface area contributed by atoms with Gasteiger partial charge in [0, 0.05) is 12.3 Å². The van der Waals surface area contributed by atoms with Crippen LogP contribution in [0.5, 0.6) is 0 Å². The molecule has 0 aliphatic rings. The molecule has 1 amide bonds. The van der Waals surface area contributed by atoms with Gasteiger partial charge in [-0.1, -0.05) is 12.1 Å². The molecule has 0 bridgehead atoms. The summed E-state index contributed by atoms with van der Waals surface area (Å²) >= 11 is 0. The molecule has 0 unspecified atom stereocenters. The van der Waals surface area contributed by atoms with Crippen molar-refractivity contribution in [3.63, 3.8) is 0 Å². The van der Waals surface area contributed by atoms with Crippen LogP contribution in [-0.4, -0.2) is 17.0 Å². The first-order valence-electron chi connectivity index (χ1n) is 6.37. The van der Waals surface area contributed by atoms with Gasteiger partial charge in [0.05, 0.1) is 22.3 Å². The first-order valence-corrected chi connectivity index (χ1v) is 6.37. The van der Waals surface area contributed by atoms with Gasteiger partial charge in [-0.05, 0) is 31.2 Å². The number of carbonyl (C=O) groups excluding carboxylic acids is 1. The van der Waals surface area contributed by atoms with Gasteiger partial charge in [-0.2, -0.15) is 5.10 Å². The van der Waals surface area contributed by atoms with E-state index in [1.165, 1.54) is 30.7 Å². The van der Waals surface area contributed by atoms with Gasteiger partial charge < -0.3 is 4.42 Å².